The van der Waals surface area contributed by atoms with Crippen LogP contribution in [0.3, 0.4) is 0 Å². The lowest BCUT2D eigenvalue weighted by Crippen LogP contribution is -2.31. The third-order valence-electron chi connectivity index (χ3n) is 3.70. The van der Waals surface area contributed by atoms with Gasteiger partial charge in [0, 0.05) is 12.7 Å². The molecule has 0 N–H and O–H groups in total. The molecule has 0 radical (unpaired) electrons. The number of benzene rings is 1. The molecule has 1 aromatic heterocycles. The van der Waals surface area contributed by atoms with Crippen molar-refractivity contribution in [1.29, 1.82) is 0 Å². The molecular formula is C15H15ClN2O2S. The zero-order valence-corrected chi connectivity index (χ0v) is 12.9. The Morgan fingerprint density at radius 3 is 2.62 bits per heavy atom. The molecule has 1 unspecified atom stereocenters. The van der Waals surface area contributed by atoms with Crippen LogP contribution in [-0.4, -0.2) is 24.3 Å². The molecule has 6 heteroatoms. The first-order valence-electron chi connectivity index (χ1n) is 6.78. The van der Waals surface area contributed by atoms with Crippen LogP contribution >= 0.6 is 11.6 Å². The van der Waals surface area contributed by atoms with Crippen LogP contribution in [0.4, 0.5) is 0 Å². The lowest BCUT2D eigenvalue weighted by molar-refractivity contribution is 0.396. The van der Waals surface area contributed by atoms with Crippen LogP contribution in [0.2, 0.25) is 5.15 Å². The monoisotopic (exact) mass is 322 g/mol. The Bertz CT molecular complexity index is 734. The summed E-state index contributed by atoms with van der Waals surface area (Å²) in [4.78, 5) is 3.95. The van der Waals surface area contributed by atoms with E-state index in [0.29, 0.717) is 6.54 Å². The van der Waals surface area contributed by atoms with Gasteiger partial charge in [0.2, 0.25) is 10.0 Å². The predicted octanol–water partition coefficient (Wildman–Crippen LogP) is 3.26. The van der Waals surface area contributed by atoms with E-state index in [1.165, 1.54) is 16.6 Å². The van der Waals surface area contributed by atoms with E-state index < -0.39 is 10.0 Å². The fraction of sp³-hybridized carbons (Fsp3) is 0.267. The first-order chi connectivity index (χ1) is 10.1. The van der Waals surface area contributed by atoms with Crippen LogP contribution in [-0.2, 0) is 10.0 Å². The fourth-order valence-electron chi connectivity index (χ4n) is 2.73. The lowest BCUT2D eigenvalue weighted by Gasteiger charge is -2.24. The molecule has 1 fully saturated rings. The summed E-state index contributed by atoms with van der Waals surface area (Å²) in [5.74, 6) is 0. The van der Waals surface area contributed by atoms with E-state index in [9.17, 15) is 8.42 Å². The zero-order valence-electron chi connectivity index (χ0n) is 11.3. The zero-order chi connectivity index (χ0) is 14.9. The number of rotatable bonds is 3. The highest BCUT2D eigenvalue weighted by molar-refractivity contribution is 7.89. The normalized spacial score (nSPS) is 19.8. The van der Waals surface area contributed by atoms with E-state index in [0.717, 1.165) is 18.4 Å². The number of sulfonamides is 1. The van der Waals surface area contributed by atoms with Gasteiger partial charge >= 0.3 is 0 Å². The summed E-state index contributed by atoms with van der Waals surface area (Å²) in [6.07, 6.45) is 3.15. The molecule has 1 aliphatic rings. The summed E-state index contributed by atoms with van der Waals surface area (Å²) in [7, 11) is -3.63. The van der Waals surface area contributed by atoms with Crippen molar-refractivity contribution in [3.63, 3.8) is 0 Å². The third kappa shape index (κ3) is 2.69. The fourth-order valence-corrected chi connectivity index (χ4v) is 4.84. The first-order valence-corrected chi connectivity index (χ1v) is 8.60. The average Bonchev–Trinajstić information content (AvgIpc) is 2.99. The van der Waals surface area contributed by atoms with Gasteiger partial charge in [0.1, 0.15) is 10.0 Å². The summed E-state index contributed by atoms with van der Waals surface area (Å²) in [6.45, 7) is 0.507. The number of pyridine rings is 1. The largest absolute Gasteiger partial charge is 0.246 e. The number of nitrogens with zero attached hydrogens (tertiary/aromatic N) is 2. The molecule has 4 nitrogen and oxygen atoms in total. The predicted molar refractivity (Wildman–Crippen MR) is 81.6 cm³/mol. The lowest BCUT2D eigenvalue weighted by atomic mass is 10.1. The number of aromatic nitrogens is 1. The Kier molecular flexibility index (Phi) is 3.97. The maximum absolute atomic E-state index is 12.8. The first kappa shape index (κ1) is 14.5. The summed E-state index contributed by atoms with van der Waals surface area (Å²) >= 11 is 5.96. The van der Waals surface area contributed by atoms with Gasteiger partial charge in [-0.2, -0.15) is 4.31 Å². The highest BCUT2D eigenvalue weighted by Crippen LogP contribution is 2.37. The summed E-state index contributed by atoms with van der Waals surface area (Å²) in [5, 5.41) is 0.0243. The van der Waals surface area contributed by atoms with Crippen LogP contribution in [0, 0.1) is 0 Å². The molecule has 1 aromatic carbocycles. The van der Waals surface area contributed by atoms with Crippen LogP contribution in [0.15, 0.2) is 53.6 Å². The van der Waals surface area contributed by atoms with Crippen molar-refractivity contribution in [2.24, 2.45) is 0 Å². The Morgan fingerprint density at radius 2 is 1.90 bits per heavy atom. The maximum atomic E-state index is 12.8. The minimum absolute atomic E-state index is 0.0243. The summed E-state index contributed by atoms with van der Waals surface area (Å²) in [5.41, 5.74) is 1.01. The number of hydrogen-bond donors (Lipinski definition) is 0. The molecule has 0 aliphatic carbocycles. The Hall–Kier alpha value is -1.43. The Morgan fingerprint density at radius 1 is 1.14 bits per heavy atom. The Balaban J connectivity index is 2.01. The van der Waals surface area contributed by atoms with Crippen molar-refractivity contribution in [3.05, 3.63) is 59.4 Å². The van der Waals surface area contributed by atoms with Gasteiger partial charge in [0.15, 0.2) is 0 Å². The average molecular weight is 323 g/mol. The van der Waals surface area contributed by atoms with Gasteiger partial charge in [0.05, 0.1) is 6.04 Å². The molecule has 0 amide bonds. The molecule has 110 valence electrons. The van der Waals surface area contributed by atoms with Crippen molar-refractivity contribution in [3.8, 4) is 0 Å². The molecule has 0 spiro atoms. The van der Waals surface area contributed by atoms with Crippen molar-refractivity contribution in [2.45, 2.75) is 23.8 Å². The molecule has 21 heavy (non-hydrogen) atoms. The highest BCUT2D eigenvalue weighted by atomic mass is 35.5. The van der Waals surface area contributed by atoms with Crippen LogP contribution < -0.4 is 0 Å². The highest BCUT2D eigenvalue weighted by Gasteiger charge is 2.37. The molecule has 2 heterocycles. The minimum atomic E-state index is -3.63. The molecular weight excluding hydrogens is 308 g/mol. The quantitative estimate of drug-likeness (QED) is 0.815. The van der Waals surface area contributed by atoms with Crippen LogP contribution in [0.5, 0.6) is 0 Å². The molecule has 1 saturated heterocycles. The molecule has 0 bridgehead atoms. The molecule has 0 saturated carbocycles. The van der Waals surface area contributed by atoms with E-state index in [2.05, 4.69) is 4.98 Å². The molecule has 2 aromatic rings. The molecule has 3 rings (SSSR count). The van der Waals surface area contributed by atoms with Crippen molar-refractivity contribution in [2.75, 3.05) is 6.54 Å². The summed E-state index contributed by atoms with van der Waals surface area (Å²) in [6, 6.07) is 12.7. The van der Waals surface area contributed by atoms with Gasteiger partial charge in [-0.1, -0.05) is 41.9 Å². The van der Waals surface area contributed by atoms with Gasteiger partial charge in [-0.05, 0) is 30.5 Å². The second-order valence-corrected chi connectivity index (χ2v) is 7.19. The van der Waals surface area contributed by atoms with E-state index in [4.69, 9.17) is 11.6 Å². The minimum Gasteiger partial charge on any atom is -0.243 e. The van der Waals surface area contributed by atoms with E-state index >= 15 is 0 Å². The van der Waals surface area contributed by atoms with Crippen LogP contribution in [0.1, 0.15) is 24.4 Å². The smallest absolute Gasteiger partial charge is 0.243 e. The van der Waals surface area contributed by atoms with Crippen molar-refractivity contribution in [1.82, 2.24) is 9.29 Å². The van der Waals surface area contributed by atoms with Gasteiger partial charge in [-0.15, -0.1) is 0 Å². The van der Waals surface area contributed by atoms with Gasteiger partial charge < -0.3 is 0 Å². The Labute approximate surface area is 129 Å². The number of hydrogen-bond acceptors (Lipinski definition) is 3. The standard InChI is InChI=1S/C15H15ClN2O2S/c16-15-14(9-4-10-17-15)21(19,20)18-11-5-8-13(18)12-6-2-1-3-7-12/h1-4,6-7,9-10,13H,5,8,11H2. The second kappa shape index (κ2) is 5.75. The van der Waals surface area contributed by atoms with Gasteiger partial charge in [-0.25, -0.2) is 13.4 Å². The molecule has 1 atom stereocenters. The van der Waals surface area contributed by atoms with E-state index in [1.807, 2.05) is 30.3 Å². The van der Waals surface area contributed by atoms with Gasteiger partial charge in [-0.3, -0.25) is 0 Å². The topological polar surface area (TPSA) is 50.3 Å². The maximum Gasteiger partial charge on any atom is 0.246 e. The van der Waals surface area contributed by atoms with Gasteiger partial charge in [0.25, 0.3) is 0 Å². The van der Waals surface area contributed by atoms with E-state index in [-0.39, 0.29) is 16.1 Å². The molecule has 1 aliphatic heterocycles. The third-order valence-corrected chi connectivity index (χ3v) is 6.05. The van der Waals surface area contributed by atoms with Crippen molar-refractivity contribution >= 4 is 21.6 Å². The summed E-state index contributed by atoms with van der Waals surface area (Å²) < 4.78 is 27.2. The van der Waals surface area contributed by atoms with Crippen molar-refractivity contribution < 1.29 is 8.42 Å². The second-order valence-electron chi connectivity index (χ2n) is 4.98. The van der Waals surface area contributed by atoms with Crippen LogP contribution in [0.25, 0.3) is 0 Å². The SMILES string of the molecule is O=S(=O)(c1cccnc1Cl)N1CCCC1c1ccccc1. The number of halogens is 1. The van der Waals surface area contributed by atoms with E-state index in [1.54, 1.807) is 6.07 Å².